The molecule has 1 aromatic rings. The van der Waals surface area contributed by atoms with E-state index in [4.69, 9.17) is 4.98 Å². The third-order valence-electron chi connectivity index (χ3n) is 4.67. The van der Waals surface area contributed by atoms with Crippen molar-refractivity contribution in [2.75, 3.05) is 11.4 Å². The summed E-state index contributed by atoms with van der Waals surface area (Å²) in [5.74, 6) is 1.24. The van der Waals surface area contributed by atoms with Crippen LogP contribution in [0.5, 0.6) is 0 Å². The highest BCUT2D eigenvalue weighted by molar-refractivity contribution is 5.52. The number of nitrogens with one attached hydrogen (secondary N) is 1. The number of piperidine rings is 1. The van der Waals surface area contributed by atoms with Gasteiger partial charge in [-0.3, -0.25) is 0 Å². The first-order valence-corrected chi connectivity index (χ1v) is 8.12. The number of aryl methyl sites for hydroxylation is 2. The fourth-order valence-corrected chi connectivity index (χ4v) is 3.25. The molecule has 1 saturated heterocycles. The summed E-state index contributed by atoms with van der Waals surface area (Å²) in [5.41, 5.74) is 3.94. The lowest BCUT2D eigenvalue weighted by Gasteiger charge is -2.36. The van der Waals surface area contributed by atoms with Crippen LogP contribution in [0, 0.1) is 13.8 Å². The average molecular weight is 273 g/mol. The minimum atomic E-state index is 0.622. The summed E-state index contributed by atoms with van der Waals surface area (Å²) in [4.78, 5) is 7.43. The van der Waals surface area contributed by atoms with Crippen molar-refractivity contribution in [3.05, 3.63) is 22.9 Å². The Morgan fingerprint density at radius 3 is 2.75 bits per heavy atom. The normalized spacial score (nSPS) is 23.1. The molecule has 1 atom stereocenters. The SMILES string of the molecule is Cc1cc(C)c(CNC2CC2)c(N2CCCCC2C)n1. The van der Waals surface area contributed by atoms with E-state index in [2.05, 4.69) is 37.1 Å². The van der Waals surface area contributed by atoms with Gasteiger partial charge in [0, 0.05) is 36.4 Å². The summed E-state index contributed by atoms with van der Waals surface area (Å²) in [6.45, 7) is 8.83. The fraction of sp³-hybridized carbons (Fsp3) is 0.706. The van der Waals surface area contributed by atoms with Gasteiger partial charge in [-0.15, -0.1) is 0 Å². The van der Waals surface area contributed by atoms with Crippen LogP contribution in [-0.2, 0) is 6.54 Å². The molecule has 110 valence electrons. The molecule has 0 bridgehead atoms. The summed E-state index contributed by atoms with van der Waals surface area (Å²) < 4.78 is 0. The van der Waals surface area contributed by atoms with Crippen molar-refractivity contribution in [3.8, 4) is 0 Å². The predicted molar refractivity (Wildman–Crippen MR) is 84.2 cm³/mol. The van der Waals surface area contributed by atoms with Crippen LogP contribution in [0.2, 0.25) is 0 Å². The Balaban J connectivity index is 1.89. The Labute approximate surface area is 122 Å². The molecule has 0 aromatic carbocycles. The molecule has 1 aliphatic carbocycles. The maximum Gasteiger partial charge on any atom is 0.133 e. The van der Waals surface area contributed by atoms with Crippen molar-refractivity contribution in [2.45, 2.75) is 71.5 Å². The molecule has 20 heavy (non-hydrogen) atoms. The quantitative estimate of drug-likeness (QED) is 0.912. The number of hydrogen-bond donors (Lipinski definition) is 1. The second-order valence-electron chi connectivity index (χ2n) is 6.58. The summed E-state index contributed by atoms with van der Waals surface area (Å²) in [6.07, 6.45) is 6.64. The van der Waals surface area contributed by atoms with Gasteiger partial charge >= 0.3 is 0 Å². The molecule has 2 aliphatic rings. The van der Waals surface area contributed by atoms with E-state index in [0.29, 0.717) is 6.04 Å². The van der Waals surface area contributed by atoms with Gasteiger partial charge in [0.1, 0.15) is 5.82 Å². The number of anilines is 1. The topological polar surface area (TPSA) is 28.2 Å². The molecular formula is C17H27N3. The molecule has 1 aliphatic heterocycles. The van der Waals surface area contributed by atoms with Crippen molar-refractivity contribution >= 4 is 5.82 Å². The lowest BCUT2D eigenvalue weighted by Crippen LogP contribution is -2.39. The zero-order valence-corrected chi connectivity index (χ0v) is 13.1. The standard InChI is InChI=1S/C17H27N3/c1-12-10-13(2)19-17(16(12)11-18-15-7-8-15)20-9-5-4-6-14(20)3/h10,14-15,18H,4-9,11H2,1-3H3. The molecule has 1 aromatic heterocycles. The van der Waals surface area contributed by atoms with Gasteiger partial charge < -0.3 is 10.2 Å². The molecule has 0 amide bonds. The molecule has 2 fully saturated rings. The number of rotatable bonds is 4. The lowest BCUT2D eigenvalue weighted by molar-refractivity contribution is 0.478. The molecule has 3 nitrogen and oxygen atoms in total. The maximum absolute atomic E-state index is 4.89. The monoisotopic (exact) mass is 273 g/mol. The van der Waals surface area contributed by atoms with Crippen LogP contribution >= 0.6 is 0 Å². The van der Waals surface area contributed by atoms with E-state index in [1.165, 1.54) is 49.0 Å². The Kier molecular flexibility index (Phi) is 3.97. The second kappa shape index (κ2) is 5.72. The lowest BCUT2D eigenvalue weighted by atomic mass is 10.0. The maximum atomic E-state index is 4.89. The van der Waals surface area contributed by atoms with E-state index < -0.39 is 0 Å². The summed E-state index contributed by atoms with van der Waals surface area (Å²) >= 11 is 0. The summed E-state index contributed by atoms with van der Waals surface area (Å²) in [7, 11) is 0. The third-order valence-corrected chi connectivity index (χ3v) is 4.67. The molecule has 1 saturated carbocycles. The molecule has 1 unspecified atom stereocenters. The first-order chi connectivity index (χ1) is 9.65. The van der Waals surface area contributed by atoms with Gasteiger partial charge in [0.2, 0.25) is 0 Å². The first kappa shape index (κ1) is 13.9. The van der Waals surface area contributed by atoms with Crippen molar-refractivity contribution in [1.82, 2.24) is 10.3 Å². The number of nitrogens with zero attached hydrogens (tertiary/aromatic N) is 2. The predicted octanol–water partition coefficient (Wildman–Crippen LogP) is 3.33. The van der Waals surface area contributed by atoms with Crippen LogP contribution in [0.3, 0.4) is 0 Å². The van der Waals surface area contributed by atoms with E-state index in [1.807, 2.05) is 0 Å². The second-order valence-corrected chi connectivity index (χ2v) is 6.58. The molecular weight excluding hydrogens is 246 g/mol. The highest BCUT2D eigenvalue weighted by Crippen LogP contribution is 2.29. The van der Waals surface area contributed by atoms with Crippen LogP contribution in [0.4, 0.5) is 5.82 Å². The zero-order chi connectivity index (χ0) is 14.1. The van der Waals surface area contributed by atoms with Crippen LogP contribution < -0.4 is 10.2 Å². The van der Waals surface area contributed by atoms with Gasteiger partial charge in [-0.25, -0.2) is 4.98 Å². The molecule has 1 N–H and O–H groups in total. The average Bonchev–Trinajstić information content (AvgIpc) is 3.21. The highest BCUT2D eigenvalue weighted by atomic mass is 15.2. The largest absolute Gasteiger partial charge is 0.354 e. The van der Waals surface area contributed by atoms with Gasteiger partial charge in [0.15, 0.2) is 0 Å². The van der Waals surface area contributed by atoms with Crippen molar-refractivity contribution < 1.29 is 0 Å². The van der Waals surface area contributed by atoms with Crippen LogP contribution in [-0.4, -0.2) is 23.6 Å². The van der Waals surface area contributed by atoms with E-state index in [0.717, 1.165) is 24.8 Å². The minimum Gasteiger partial charge on any atom is -0.354 e. The van der Waals surface area contributed by atoms with Gasteiger partial charge in [-0.2, -0.15) is 0 Å². The van der Waals surface area contributed by atoms with E-state index in [9.17, 15) is 0 Å². The van der Waals surface area contributed by atoms with E-state index in [1.54, 1.807) is 0 Å². The van der Waals surface area contributed by atoms with Gasteiger partial charge in [0.25, 0.3) is 0 Å². The van der Waals surface area contributed by atoms with Crippen molar-refractivity contribution in [3.63, 3.8) is 0 Å². The highest BCUT2D eigenvalue weighted by Gasteiger charge is 2.25. The van der Waals surface area contributed by atoms with Crippen LogP contribution in [0.1, 0.15) is 55.8 Å². The number of aromatic nitrogens is 1. The molecule has 3 heteroatoms. The summed E-state index contributed by atoms with van der Waals surface area (Å²) in [5, 5.41) is 3.66. The zero-order valence-electron chi connectivity index (χ0n) is 13.1. The Bertz CT molecular complexity index is 479. The molecule has 0 spiro atoms. The van der Waals surface area contributed by atoms with Crippen molar-refractivity contribution in [1.29, 1.82) is 0 Å². The number of hydrogen-bond acceptors (Lipinski definition) is 3. The fourth-order valence-electron chi connectivity index (χ4n) is 3.25. The summed E-state index contributed by atoms with van der Waals surface area (Å²) in [6, 6.07) is 3.60. The van der Waals surface area contributed by atoms with E-state index in [-0.39, 0.29) is 0 Å². The van der Waals surface area contributed by atoms with Gasteiger partial charge in [-0.05, 0) is 64.5 Å². The van der Waals surface area contributed by atoms with Crippen LogP contribution in [0.15, 0.2) is 6.07 Å². The Morgan fingerprint density at radius 2 is 2.05 bits per heavy atom. The first-order valence-electron chi connectivity index (χ1n) is 8.12. The van der Waals surface area contributed by atoms with E-state index >= 15 is 0 Å². The Morgan fingerprint density at radius 1 is 1.25 bits per heavy atom. The minimum absolute atomic E-state index is 0.622. The molecule has 0 radical (unpaired) electrons. The van der Waals surface area contributed by atoms with Crippen molar-refractivity contribution in [2.24, 2.45) is 0 Å². The smallest absolute Gasteiger partial charge is 0.133 e. The van der Waals surface area contributed by atoms with Gasteiger partial charge in [-0.1, -0.05) is 0 Å². The number of pyridine rings is 1. The molecule has 3 rings (SSSR count). The Hall–Kier alpha value is -1.09. The van der Waals surface area contributed by atoms with Gasteiger partial charge in [0.05, 0.1) is 0 Å². The van der Waals surface area contributed by atoms with Crippen LogP contribution in [0.25, 0.3) is 0 Å². The molecule has 2 heterocycles. The third kappa shape index (κ3) is 2.98.